The van der Waals surface area contributed by atoms with Crippen molar-refractivity contribution in [1.29, 1.82) is 0 Å². The molecule has 2 heterocycles. The molecule has 0 aliphatic carbocycles. The number of carbonyl (C=O) groups excluding carboxylic acids is 1. The molecule has 38 heavy (non-hydrogen) atoms. The standard InChI is InChI=1S/C27H20N4O4S3/c1-35-19-11-13-22-24(15-19)37-26(28-22)30-25(32)16-36-27-29-21-8-4-5-9-23(21)31(27)38(33,34)20-12-10-17-6-2-3-7-18(17)14-20/h2-15H,16H2,1H3,(H,28,30,32). The summed E-state index contributed by atoms with van der Waals surface area (Å²) in [7, 11) is -2.40. The van der Waals surface area contributed by atoms with E-state index >= 15 is 0 Å². The number of fused-ring (bicyclic) bond motifs is 3. The maximum absolute atomic E-state index is 13.9. The quantitative estimate of drug-likeness (QED) is 0.247. The summed E-state index contributed by atoms with van der Waals surface area (Å²) in [5.41, 5.74) is 1.73. The van der Waals surface area contributed by atoms with Crippen LogP contribution in [0.1, 0.15) is 0 Å². The van der Waals surface area contributed by atoms with Crippen LogP contribution in [-0.4, -0.2) is 41.1 Å². The van der Waals surface area contributed by atoms with Gasteiger partial charge in [0.1, 0.15) is 5.75 Å². The molecule has 11 heteroatoms. The van der Waals surface area contributed by atoms with Gasteiger partial charge in [0.2, 0.25) is 5.91 Å². The molecule has 0 bridgehead atoms. The van der Waals surface area contributed by atoms with E-state index < -0.39 is 10.0 Å². The fourth-order valence-electron chi connectivity index (χ4n) is 4.11. The number of rotatable bonds is 7. The monoisotopic (exact) mass is 560 g/mol. The van der Waals surface area contributed by atoms with Crippen LogP contribution < -0.4 is 10.1 Å². The van der Waals surface area contributed by atoms with Crippen LogP contribution in [-0.2, 0) is 14.8 Å². The summed E-state index contributed by atoms with van der Waals surface area (Å²) in [6.07, 6.45) is 0. The Hall–Kier alpha value is -3.93. The normalized spacial score (nSPS) is 11.8. The summed E-state index contributed by atoms with van der Waals surface area (Å²) in [5.74, 6) is 0.347. The number of imidazole rings is 1. The smallest absolute Gasteiger partial charge is 0.270 e. The number of ether oxygens (including phenoxy) is 1. The zero-order valence-corrected chi connectivity index (χ0v) is 22.4. The van der Waals surface area contributed by atoms with Crippen molar-refractivity contribution in [2.24, 2.45) is 0 Å². The van der Waals surface area contributed by atoms with Crippen molar-refractivity contribution in [3.63, 3.8) is 0 Å². The van der Waals surface area contributed by atoms with Gasteiger partial charge in [0, 0.05) is 0 Å². The van der Waals surface area contributed by atoms with Crippen LogP contribution in [0.25, 0.3) is 32.0 Å². The fraction of sp³-hybridized carbons (Fsp3) is 0.0741. The van der Waals surface area contributed by atoms with E-state index in [1.54, 1.807) is 49.6 Å². The van der Waals surface area contributed by atoms with E-state index in [4.69, 9.17) is 4.74 Å². The number of methoxy groups -OCH3 is 1. The van der Waals surface area contributed by atoms with E-state index in [1.807, 2.05) is 42.5 Å². The van der Waals surface area contributed by atoms with E-state index in [0.717, 1.165) is 32.8 Å². The molecule has 1 amide bonds. The topological polar surface area (TPSA) is 103 Å². The van der Waals surface area contributed by atoms with Gasteiger partial charge in [0.25, 0.3) is 10.0 Å². The predicted octanol–water partition coefficient (Wildman–Crippen LogP) is 5.78. The summed E-state index contributed by atoms with van der Waals surface area (Å²) in [4.78, 5) is 21.9. The molecule has 8 nitrogen and oxygen atoms in total. The molecule has 190 valence electrons. The first-order valence-electron chi connectivity index (χ1n) is 11.5. The number of aromatic nitrogens is 3. The lowest BCUT2D eigenvalue weighted by molar-refractivity contribution is -0.113. The van der Waals surface area contributed by atoms with Crippen molar-refractivity contribution in [3.8, 4) is 5.75 Å². The van der Waals surface area contributed by atoms with Gasteiger partial charge in [-0.3, -0.25) is 4.79 Å². The molecule has 0 spiro atoms. The molecule has 0 atom stereocenters. The molecule has 6 aromatic rings. The highest BCUT2D eigenvalue weighted by molar-refractivity contribution is 8.00. The molecule has 0 saturated carbocycles. The van der Waals surface area contributed by atoms with Gasteiger partial charge in [-0.15, -0.1) is 0 Å². The van der Waals surface area contributed by atoms with Crippen LogP contribution in [0.4, 0.5) is 5.13 Å². The number of thioether (sulfide) groups is 1. The molecular weight excluding hydrogens is 541 g/mol. The molecule has 0 aliphatic rings. The molecule has 2 aromatic heterocycles. The van der Waals surface area contributed by atoms with Gasteiger partial charge in [-0.25, -0.2) is 22.4 Å². The Kier molecular flexibility index (Phi) is 6.26. The molecule has 0 fully saturated rings. The lowest BCUT2D eigenvalue weighted by Crippen LogP contribution is -2.17. The van der Waals surface area contributed by atoms with Crippen molar-refractivity contribution >= 4 is 76.2 Å². The number of nitrogens with one attached hydrogen (secondary N) is 1. The van der Waals surface area contributed by atoms with Crippen molar-refractivity contribution in [3.05, 3.63) is 84.9 Å². The van der Waals surface area contributed by atoms with E-state index in [1.165, 1.54) is 15.3 Å². The van der Waals surface area contributed by atoms with E-state index in [0.29, 0.717) is 21.9 Å². The average molecular weight is 561 g/mol. The van der Waals surface area contributed by atoms with Crippen molar-refractivity contribution < 1.29 is 17.9 Å². The minimum Gasteiger partial charge on any atom is -0.497 e. The van der Waals surface area contributed by atoms with Crippen LogP contribution in [0, 0.1) is 0 Å². The molecule has 6 rings (SSSR count). The lowest BCUT2D eigenvalue weighted by Gasteiger charge is -2.11. The van der Waals surface area contributed by atoms with Gasteiger partial charge in [0.15, 0.2) is 10.3 Å². The molecule has 0 unspecified atom stereocenters. The second-order valence-corrected chi connectivity index (χ2v) is 12.1. The molecule has 4 aromatic carbocycles. The summed E-state index contributed by atoms with van der Waals surface area (Å²) in [5, 5.41) is 5.23. The Morgan fingerprint density at radius 3 is 2.58 bits per heavy atom. The maximum Gasteiger partial charge on any atom is 0.270 e. The predicted molar refractivity (Wildman–Crippen MR) is 152 cm³/mol. The molecule has 0 saturated heterocycles. The number of thiazole rings is 1. The minimum atomic E-state index is -4.00. The number of nitrogens with zero attached hydrogens (tertiary/aromatic N) is 3. The largest absolute Gasteiger partial charge is 0.497 e. The molecule has 1 N–H and O–H groups in total. The average Bonchev–Trinajstić information content (AvgIpc) is 3.51. The van der Waals surface area contributed by atoms with Crippen LogP contribution >= 0.6 is 23.1 Å². The van der Waals surface area contributed by atoms with Gasteiger partial charge < -0.3 is 10.1 Å². The Bertz CT molecular complexity index is 1950. The number of hydrogen-bond donors (Lipinski definition) is 1. The van der Waals surface area contributed by atoms with Crippen LogP contribution in [0.15, 0.2) is 95.0 Å². The van der Waals surface area contributed by atoms with E-state index in [9.17, 15) is 13.2 Å². The highest BCUT2D eigenvalue weighted by Gasteiger charge is 2.25. The van der Waals surface area contributed by atoms with Gasteiger partial charge >= 0.3 is 0 Å². The highest BCUT2D eigenvalue weighted by Crippen LogP contribution is 2.32. The fourth-order valence-corrected chi connectivity index (χ4v) is 7.57. The summed E-state index contributed by atoms with van der Waals surface area (Å²) >= 11 is 2.39. The first-order chi connectivity index (χ1) is 18.4. The van der Waals surface area contributed by atoms with E-state index in [2.05, 4.69) is 15.3 Å². The van der Waals surface area contributed by atoms with Crippen molar-refractivity contribution in [2.75, 3.05) is 18.2 Å². The summed E-state index contributed by atoms with van der Waals surface area (Å²) in [6, 6.07) is 25.1. The number of anilines is 1. The van der Waals surface area contributed by atoms with Crippen molar-refractivity contribution in [2.45, 2.75) is 10.1 Å². The Labute approximate surface area is 226 Å². The number of benzene rings is 4. The second-order valence-electron chi connectivity index (χ2n) is 8.35. The second kappa shape index (κ2) is 9.75. The SMILES string of the molecule is COc1ccc2nc(NC(=O)CSc3nc4ccccc4n3S(=O)(=O)c3ccc4ccccc4c3)sc2c1. The third-order valence-electron chi connectivity index (χ3n) is 5.92. The first-order valence-corrected chi connectivity index (χ1v) is 14.8. The van der Waals surface area contributed by atoms with Gasteiger partial charge in [-0.2, -0.15) is 0 Å². The molecule has 0 radical (unpaired) electrons. The van der Waals surface area contributed by atoms with Crippen LogP contribution in [0.2, 0.25) is 0 Å². The minimum absolute atomic E-state index is 0.0458. The van der Waals surface area contributed by atoms with Gasteiger partial charge in [0.05, 0.1) is 39.0 Å². The third-order valence-corrected chi connectivity index (χ3v) is 9.61. The number of carbonyl (C=O) groups is 1. The summed E-state index contributed by atoms with van der Waals surface area (Å²) < 4.78 is 35.1. The zero-order chi connectivity index (χ0) is 26.3. The Morgan fingerprint density at radius 2 is 1.74 bits per heavy atom. The van der Waals surface area contributed by atoms with Crippen molar-refractivity contribution in [1.82, 2.24) is 13.9 Å². The number of hydrogen-bond acceptors (Lipinski definition) is 8. The Balaban J connectivity index is 1.29. The van der Waals surface area contributed by atoms with Gasteiger partial charge in [-0.05, 0) is 53.2 Å². The molecule has 0 aliphatic heterocycles. The summed E-state index contributed by atoms with van der Waals surface area (Å²) in [6.45, 7) is 0. The maximum atomic E-state index is 13.9. The number of amides is 1. The third kappa shape index (κ3) is 4.49. The Morgan fingerprint density at radius 1 is 0.947 bits per heavy atom. The molecular formula is C27H20N4O4S3. The first kappa shape index (κ1) is 24.4. The zero-order valence-electron chi connectivity index (χ0n) is 20.0. The van der Waals surface area contributed by atoms with E-state index in [-0.39, 0.29) is 21.7 Å². The number of para-hydroxylation sites is 2. The van der Waals surface area contributed by atoms with Crippen LogP contribution in [0.3, 0.4) is 0 Å². The van der Waals surface area contributed by atoms with Gasteiger partial charge in [-0.1, -0.05) is 65.6 Å². The lowest BCUT2D eigenvalue weighted by atomic mass is 10.1. The highest BCUT2D eigenvalue weighted by atomic mass is 32.2. The van der Waals surface area contributed by atoms with Crippen LogP contribution in [0.5, 0.6) is 5.75 Å².